The molecule has 7 nitrogen and oxygen atoms in total. The van der Waals surface area contributed by atoms with Gasteiger partial charge in [0.1, 0.15) is 11.6 Å². The van der Waals surface area contributed by atoms with E-state index in [4.69, 9.17) is 9.26 Å². The Morgan fingerprint density at radius 1 is 1.21 bits per heavy atom. The quantitative estimate of drug-likeness (QED) is 0.604. The van der Waals surface area contributed by atoms with Crippen molar-refractivity contribution >= 4 is 28.3 Å². The van der Waals surface area contributed by atoms with Gasteiger partial charge in [-0.15, -0.1) is 11.3 Å². The van der Waals surface area contributed by atoms with E-state index in [1.807, 2.05) is 0 Å². The van der Waals surface area contributed by atoms with E-state index in [0.29, 0.717) is 10.8 Å². The molecule has 0 unspecified atom stereocenters. The van der Waals surface area contributed by atoms with E-state index in [1.54, 1.807) is 12.3 Å². The number of esters is 1. The van der Waals surface area contributed by atoms with E-state index >= 15 is 0 Å². The summed E-state index contributed by atoms with van der Waals surface area (Å²) in [6.07, 6.45) is -0.102. The number of ether oxygens (including phenoxy) is 1. The van der Waals surface area contributed by atoms with Crippen LogP contribution in [-0.4, -0.2) is 28.6 Å². The first-order chi connectivity index (χ1) is 13.4. The van der Waals surface area contributed by atoms with Crippen molar-refractivity contribution in [3.8, 4) is 11.3 Å². The first kappa shape index (κ1) is 19.6. The van der Waals surface area contributed by atoms with Crippen molar-refractivity contribution in [2.75, 3.05) is 11.9 Å². The Labute approximate surface area is 162 Å². The molecule has 0 bridgehead atoms. The zero-order chi connectivity index (χ0) is 20.1. The Bertz CT molecular complexity index is 1000. The second-order valence-corrected chi connectivity index (χ2v) is 6.52. The molecule has 0 atom stereocenters. The summed E-state index contributed by atoms with van der Waals surface area (Å²) >= 11 is 1.17. The molecule has 0 saturated heterocycles. The summed E-state index contributed by atoms with van der Waals surface area (Å²) in [6, 6.07) is 4.48. The van der Waals surface area contributed by atoms with Crippen LogP contribution < -0.4 is 5.32 Å². The van der Waals surface area contributed by atoms with Crippen LogP contribution in [0.15, 0.2) is 34.2 Å². The first-order valence-corrected chi connectivity index (χ1v) is 9.13. The summed E-state index contributed by atoms with van der Waals surface area (Å²) in [6.45, 7) is 2.00. The van der Waals surface area contributed by atoms with Crippen molar-refractivity contribution in [2.24, 2.45) is 0 Å². The first-order valence-electron chi connectivity index (χ1n) is 8.25. The molecule has 146 valence electrons. The van der Waals surface area contributed by atoms with Crippen molar-refractivity contribution in [1.82, 2.24) is 10.1 Å². The van der Waals surface area contributed by atoms with Crippen LogP contribution in [-0.2, 0) is 27.2 Å². The fourth-order valence-corrected chi connectivity index (χ4v) is 3.07. The van der Waals surface area contributed by atoms with Gasteiger partial charge in [-0.2, -0.15) is 0 Å². The highest BCUT2D eigenvalue weighted by molar-refractivity contribution is 7.13. The molecule has 1 amide bonds. The van der Waals surface area contributed by atoms with Gasteiger partial charge in [-0.1, -0.05) is 5.16 Å². The number of hydrogen-bond acceptors (Lipinski definition) is 7. The molecule has 10 heteroatoms. The summed E-state index contributed by atoms with van der Waals surface area (Å²) in [4.78, 5) is 27.7. The molecule has 0 spiro atoms. The number of hydrogen-bond donors (Lipinski definition) is 1. The molecule has 28 heavy (non-hydrogen) atoms. The Balaban J connectivity index is 1.59. The van der Waals surface area contributed by atoms with Gasteiger partial charge < -0.3 is 14.6 Å². The van der Waals surface area contributed by atoms with Gasteiger partial charge in [0.2, 0.25) is 5.91 Å². The van der Waals surface area contributed by atoms with Gasteiger partial charge in [-0.3, -0.25) is 9.59 Å². The molecule has 0 fully saturated rings. The normalized spacial score (nSPS) is 10.7. The molecular formula is C18H15F2N3O4S. The predicted octanol–water partition coefficient (Wildman–Crippen LogP) is 3.36. The van der Waals surface area contributed by atoms with Gasteiger partial charge in [0.15, 0.2) is 10.9 Å². The van der Waals surface area contributed by atoms with Crippen molar-refractivity contribution in [3.05, 3.63) is 52.7 Å². The summed E-state index contributed by atoms with van der Waals surface area (Å²) in [7, 11) is 0. The lowest BCUT2D eigenvalue weighted by Gasteiger charge is -1.99. The highest BCUT2D eigenvalue weighted by Gasteiger charge is 2.15. The number of anilines is 1. The van der Waals surface area contributed by atoms with Crippen LogP contribution in [0.2, 0.25) is 0 Å². The van der Waals surface area contributed by atoms with E-state index in [-0.39, 0.29) is 36.5 Å². The minimum Gasteiger partial charge on any atom is -0.466 e. The minimum absolute atomic E-state index is 0.0239. The van der Waals surface area contributed by atoms with E-state index in [9.17, 15) is 18.4 Å². The number of nitrogens with one attached hydrogen (secondary N) is 1. The molecule has 2 heterocycles. The van der Waals surface area contributed by atoms with Crippen molar-refractivity contribution in [2.45, 2.75) is 19.8 Å². The number of carbonyl (C=O) groups is 2. The van der Waals surface area contributed by atoms with E-state index < -0.39 is 23.5 Å². The maximum absolute atomic E-state index is 13.8. The van der Waals surface area contributed by atoms with Crippen LogP contribution in [0.5, 0.6) is 0 Å². The maximum atomic E-state index is 13.8. The van der Waals surface area contributed by atoms with Gasteiger partial charge in [-0.25, -0.2) is 13.8 Å². The molecule has 1 N–H and O–H groups in total. The average Bonchev–Trinajstić information content (AvgIpc) is 3.24. The van der Waals surface area contributed by atoms with Gasteiger partial charge in [0.25, 0.3) is 0 Å². The van der Waals surface area contributed by atoms with Crippen LogP contribution >= 0.6 is 11.3 Å². The lowest BCUT2D eigenvalue weighted by Crippen LogP contribution is -2.14. The Morgan fingerprint density at radius 3 is 2.79 bits per heavy atom. The number of nitrogens with zero attached hydrogens (tertiary/aromatic N) is 2. The van der Waals surface area contributed by atoms with E-state index in [2.05, 4.69) is 15.5 Å². The van der Waals surface area contributed by atoms with E-state index in [0.717, 1.165) is 12.1 Å². The van der Waals surface area contributed by atoms with Crippen molar-refractivity contribution in [1.29, 1.82) is 0 Å². The fourth-order valence-electron chi connectivity index (χ4n) is 2.34. The fraction of sp³-hybridized carbons (Fsp3) is 0.222. The van der Waals surface area contributed by atoms with Gasteiger partial charge >= 0.3 is 5.97 Å². The third-order valence-corrected chi connectivity index (χ3v) is 4.33. The van der Waals surface area contributed by atoms with Crippen molar-refractivity contribution < 1.29 is 27.6 Å². The van der Waals surface area contributed by atoms with Crippen LogP contribution in [0, 0.1) is 11.6 Å². The lowest BCUT2D eigenvalue weighted by molar-refractivity contribution is -0.142. The third-order valence-electron chi connectivity index (χ3n) is 3.53. The molecule has 0 aliphatic rings. The largest absolute Gasteiger partial charge is 0.466 e. The Morgan fingerprint density at radius 2 is 2.04 bits per heavy atom. The third kappa shape index (κ3) is 4.97. The smallest absolute Gasteiger partial charge is 0.311 e. The summed E-state index contributed by atoms with van der Waals surface area (Å²) in [5, 5.41) is 8.31. The molecular weight excluding hydrogens is 392 g/mol. The summed E-state index contributed by atoms with van der Waals surface area (Å²) < 4.78 is 36.7. The van der Waals surface area contributed by atoms with Gasteiger partial charge in [0.05, 0.1) is 36.4 Å². The highest BCUT2D eigenvalue weighted by Crippen LogP contribution is 2.24. The maximum Gasteiger partial charge on any atom is 0.311 e. The summed E-state index contributed by atoms with van der Waals surface area (Å²) in [5.74, 6) is -2.20. The second kappa shape index (κ2) is 8.70. The topological polar surface area (TPSA) is 94.3 Å². The number of rotatable bonds is 7. The molecule has 1 aromatic carbocycles. The number of carbonyl (C=O) groups excluding carboxylic acids is 2. The minimum atomic E-state index is -0.788. The second-order valence-electron chi connectivity index (χ2n) is 5.66. The van der Waals surface area contributed by atoms with Gasteiger partial charge in [-0.05, 0) is 19.1 Å². The molecule has 3 aromatic rings. The Hall–Kier alpha value is -3.14. The van der Waals surface area contributed by atoms with Crippen molar-refractivity contribution in [3.63, 3.8) is 0 Å². The van der Waals surface area contributed by atoms with Crippen LogP contribution in [0.4, 0.5) is 13.9 Å². The van der Waals surface area contributed by atoms with Crippen LogP contribution in [0.1, 0.15) is 18.3 Å². The lowest BCUT2D eigenvalue weighted by atomic mass is 10.1. The highest BCUT2D eigenvalue weighted by atomic mass is 32.1. The van der Waals surface area contributed by atoms with Gasteiger partial charge in [0, 0.05) is 17.5 Å². The SMILES string of the molecule is CCOC(=O)Cc1csc(NC(=O)Cc2cc(-c3ccc(F)cc3F)on2)n1. The number of aromatic nitrogens is 2. The molecule has 0 aliphatic heterocycles. The van der Waals surface area contributed by atoms with Crippen LogP contribution in [0.3, 0.4) is 0 Å². The number of amides is 1. The monoisotopic (exact) mass is 407 g/mol. The predicted molar refractivity (Wildman–Crippen MR) is 96.6 cm³/mol. The zero-order valence-corrected chi connectivity index (χ0v) is 15.5. The number of benzene rings is 1. The molecule has 2 aromatic heterocycles. The number of thiazole rings is 1. The molecule has 0 saturated carbocycles. The summed E-state index contributed by atoms with van der Waals surface area (Å²) in [5.41, 5.74) is 0.817. The van der Waals surface area contributed by atoms with Crippen LogP contribution in [0.25, 0.3) is 11.3 Å². The molecule has 0 radical (unpaired) electrons. The Kier molecular flexibility index (Phi) is 6.09. The average molecular weight is 407 g/mol. The van der Waals surface area contributed by atoms with E-state index in [1.165, 1.54) is 23.5 Å². The zero-order valence-electron chi connectivity index (χ0n) is 14.7. The standard InChI is InChI=1S/C18H15F2N3O4S/c1-2-26-17(25)8-12-9-28-18(21-12)22-16(24)7-11-6-15(27-23-11)13-4-3-10(19)5-14(13)20/h3-6,9H,2,7-8H2,1H3,(H,21,22,24). The molecule has 0 aliphatic carbocycles. The number of halogens is 2. The molecule has 3 rings (SSSR count).